The summed E-state index contributed by atoms with van der Waals surface area (Å²) >= 11 is 0. The highest BCUT2D eigenvalue weighted by molar-refractivity contribution is 7.86. The number of nitrogens with one attached hydrogen (secondary N) is 1. The van der Waals surface area contributed by atoms with Crippen molar-refractivity contribution in [2.24, 2.45) is 0 Å². The number of rotatable bonds is 4. The first-order valence-corrected chi connectivity index (χ1v) is 11.6. The van der Waals surface area contributed by atoms with Crippen LogP contribution < -0.4 is 5.32 Å². The third-order valence-electron chi connectivity index (χ3n) is 5.75. The minimum absolute atomic E-state index is 0.206. The first-order valence-electron chi connectivity index (χ1n) is 10.2. The van der Waals surface area contributed by atoms with Crippen LogP contribution in [0.4, 0.5) is 5.69 Å². The third-order valence-corrected chi connectivity index (χ3v) is 7.79. The Balaban J connectivity index is 1.70. The standard InChI is InChI=1S/C22H26N4O2S/c23-15-19-9-10-22-20(13-19)17-26(29(27,28)25-11-5-2-6-12-25)21(16-24-22)14-18-7-3-1-4-8-18/h1,3-4,7-10,13,21,24H,2,5-6,11-12,14,16-17H2/t21-/m1/s1. The van der Waals surface area contributed by atoms with Gasteiger partial charge < -0.3 is 5.32 Å². The molecule has 7 heteroatoms. The van der Waals surface area contributed by atoms with Crippen molar-refractivity contribution < 1.29 is 8.42 Å². The zero-order valence-corrected chi connectivity index (χ0v) is 17.2. The number of nitrogens with zero attached hydrogens (tertiary/aromatic N) is 3. The number of hydrogen-bond acceptors (Lipinski definition) is 4. The fourth-order valence-electron chi connectivity index (χ4n) is 4.17. The fraction of sp³-hybridized carbons (Fsp3) is 0.409. The first kappa shape index (κ1) is 19.9. The van der Waals surface area contributed by atoms with Crippen LogP contribution in [-0.4, -0.2) is 42.7 Å². The molecule has 0 bridgehead atoms. The maximum absolute atomic E-state index is 13.6. The maximum atomic E-state index is 13.6. The van der Waals surface area contributed by atoms with Gasteiger partial charge in [-0.1, -0.05) is 36.8 Å². The number of nitriles is 1. The van der Waals surface area contributed by atoms with Crippen LogP contribution in [0.5, 0.6) is 0 Å². The number of anilines is 1. The van der Waals surface area contributed by atoms with E-state index in [-0.39, 0.29) is 12.6 Å². The van der Waals surface area contributed by atoms with Crippen molar-refractivity contribution in [2.45, 2.75) is 38.3 Å². The molecule has 0 unspecified atom stereocenters. The summed E-state index contributed by atoms with van der Waals surface area (Å²) in [4.78, 5) is 0. The number of benzene rings is 2. The molecule has 0 saturated carbocycles. The summed E-state index contributed by atoms with van der Waals surface area (Å²) in [5, 5.41) is 12.7. The zero-order valence-electron chi connectivity index (χ0n) is 16.4. The van der Waals surface area contributed by atoms with Crippen LogP contribution in [0.1, 0.15) is 36.0 Å². The van der Waals surface area contributed by atoms with Crippen molar-refractivity contribution >= 4 is 15.9 Å². The van der Waals surface area contributed by atoms with Crippen molar-refractivity contribution in [3.63, 3.8) is 0 Å². The first-order chi connectivity index (χ1) is 14.1. The van der Waals surface area contributed by atoms with Crippen LogP contribution >= 0.6 is 0 Å². The molecule has 2 heterocycles. The molecule has 6 nitrogen and oxygen atoms in total. The Hall–Kier alpha value is -2.40. The Morgan fingerprint density at radius 1 is 1.07 bits per heavy atom. The molecule has 2 aliphatic heterocycles. The molecular weight excluding hydrogens is 384 g/mol. The lowest BCUT2D eigenvalue weighted by Crippen LogP contribution is -2.51. The highest BCUT2D eigenvalue weighted by atomic mass is 32.2. The Bertz CT molecular complexity index is 995. The molecule has 2 aliphatic rings. The van der Waals surface area contributed by atoms with Gasteiger partial charge >= 0.3 is 0 Å². The van der Waals surface area contributed by atoms with Crippen LogP contribution in [0, 0.1) is 11.3 Å². The largest absolute Gasteiger partial charge is 0.383 e. The van der Waals surface area contributed by atoms with Crippen LogP contribution in [0.25, 0.3) is 0 Å². The van der Waals surface area contributed by atoms with Crippen LogP contribution in [0.2, 0.25) is 0 Å². The maximum Gasteiger partial charge on any atom is 0.282 e. The molecule has 2 aromatic rings. The molecule has 2 aromatic carbocycles. The van der Waals surface area contributed by atoms with E-state index in [9.17, 15) is 13.7 Å². The minimum Gasteiger partial charge on any atom is -0.383 e. The number of piperidine rings is 1. The Labute approximate surface area is 172 Å². The van der Waals surface area contributed by atoms with E-state index in [4.69, 9.17) is 0 Å². The lowest BCUT2D eigenvalue weighted by Gasteiger charge is -2.35. The molecular formula is C22H26N4O2S. The highest BCUT2D eigenvalue weighted by Crippen LogP contribution is 2.29. The Morgan fingerprint density at radius 2 is 1.83 bits per heavy atom. The van der Waals surface area contributed by atoms with Gasteiger partial charge in [0, 0.05) is 37.9 Å². The molecule has 1 fully saturated rings. The third kappa shape index (κ3) is 4.30. The predicted octanol–water partition coefficient (Wildman–Crippen LogP) is 3.13. The molecule has 0 aromatic heterocycles. The predicted molar refractivity (Wildman–Crippen MR) is 113 cm³/mol. The van der Waals surface area contributed by atoms with Crippen molar-refractivity contribution in [3.05, 3.63) is 65.2 Å². The van der Waals surface area contributed by atoms with Gasteiger partial charge in [-0.2, -0.15) is 22.3 Å². The van der Waals surface area contributed by atoms with Gasteiger partial charge in [0.25, 0.3) is 10.2 Å². The summed E-state index contributed by atoms with van der Waals surface area (Å²) in [6.07, 6.45) is 3.53. The van der Waals surface area contributed by atoms with Gasteiger partial charge in [0.1, 0.15) is 0 Å². The van der Waals surface area contributed by atoms with E-state index >= 15 is 0 Å². The van der Waals surface area contributed by atoms with E-state index in [0.29, 0.717) is 31.6 Å². The van der Waals surface area contributed by atoms with E-state index in [0.717, 1.165) is 36.1 Å². The Morgan fingerprint density at radius 3 is 2.55 bits per heavy atom. The molecule has 1 atom stereocenters. The minimum atomic E-state index is -3.60. The summed E-state index contributed by atoms with van der Waals surface area (Å²) in [5.74, 6) is 0. The average molecular weight is 411 g/mol. The molecule has 1 N–H and O–H groups in total. The molecule has 1 saturated heterocycles. The highest BCUT2D eigenvalue weighted by Gasteiger charge is 2.37. The lowest BCUT2D eigenvalue weighted by atomic mass is 10.1. The summed E-state index contributed by atoms with van der Waals surface area (Å²) in [5.41, 5.74) is 3.41. The van der Waals surface area contributed by atoms with Gasteiger partial charge in [-0.25, -0.2) is 0 Å². The van der Waals surface area contributed by atoms with E-state index < -0.39 is 10.2 Å². The molecule has 29 heavy (non-hydrogen) atoms. The summed E-state index contributed by atoms with van der Waals surface area (Å²) in [6, 6.07) is 17.4. The number of hydrogen-bond donors (Lipinski definition) is 1. The fourth-order valence-corrected chi connectivity index (χ4v) is 6.01. The topological polar surface area (TPSA) is 76.4 Å². The van der Waals surface area contributed by atoms with Crippen molar-refractivity contribution in [3.8, 4) is 6.07 Å². The quantitative estimate of drug-likeness (QED) is 0.840. The summed E-state index contributed by atoms with van der Waals surface area (Å²) < 4.78 is 30.5. The average Bonchev–Trinajstić information content (AvgIpc) is 2.94. The molecule has 0 aliphatic carbocycles. The molecule has 0 spiro atoms. The summed E-state index contributed by atoms with van der Waals surface area (Å²) in [7, 11) is -3.60. The van der Waals surface area contributed by atoms with E-state index in [2.05, 4.69) is 11.4 Å². The smallest absolute Gasteiger partial charge is 0.282 e. The van der Waals surface area contributed by atoms with Crippen LogP contribution in [0.3, 0.4) is 0 Å². The van der Waals surface area contributed by atoms with Gasteiger partial charge in [0.2, 0.25) is 0 Å². The van der Waals surface area contributed by atoms with E-state index in [1.807, 2.05) is 36.4 Å². The monoisotopic (exact) mass is 410 g/mol. The zero-order chi connectivity index (χ0) is 20.3. The lowest BCUT2D eigenvalue weighted by molar-refractivity contribution is 0.267. The van der Waals surface area contributed by atoms with Gasteiger partial charge in [0.15, 0.2) is 0 Å². The van der Waals surface area contributed by atoms with Gasteiger partial charge in [0.05, 0.1) is 11.6 Å². The normalized spacial score (nSPS) is 20.9. The molecule has 152 valence electrons. The van der Waals surface area contributed by atoms with Crippen molar-refractivity contribution in [1.29, 1.82) is 5.26 Å². The van der Waals surface area contributed by atoms with Crippen molar-refractivity contribution in [1.82, 2.24) is 8.61 Å². The molecule has 0 radical (unpaired) electrons. The van der Waals surface area contributed by atoms with Crippen LogP contribution in [0.15, 0.2) is 48.5 Å². The van der Waals surface area contributed by atoms with E-state index in [1.54, 1.807) is 20.7 Å². The summed E-state index contributed by atoms with van der Waals surface area (Å²) in [6.45, 7) is 1.96. The second-order valence-electron chi connectivity index (χ2n) is 7.72. The SMILES string of the molecule is N#Cc1ccc2c(c1)CN(S(=O)(=O)N1CCCCC1)[C@H](Cc1ccccc1)CN2. The van der Waals surface area contributed by atoms with Gasteiger partial charge in [-0.05, 0) is 48.6 Å². The number of fused-ring (bicyclic) bond motifs is 1. The van der Waals surface area contributed by atoms with Gasteiger partial charge in [-0.3, -0.25) is 0 Å². The van der Waals surface area contributed by atoms with E-state index in [1.165, 1.54) is 0 Å². The van der Waals surface area contributed by atoms with Crippen molar-refractivity contribution in [2.75, 3.05) is 25.0 Å². The molecule has 4 rings (SSSR count). The Kier molecular flexibility index (Phi) is 5.86. The van der Waals surface area contributed by atoms with Crippen LogP contribution in [-0.2, 0) is 23.2 Å². The second kappa shape index (κ2) is 8.54. The van der Waals surface area contributed by atoms with Gasteiger partial charge in [-0.15, -0.1) is 0 Å². The second-order valence-corrected chi connectivity index (χ2v) is 9.60. The molecule has 0 amide bonds.